The molecule has 1 fully saturated rings. The van der Waals surface area contributed by atoms with E-state index in [4.69, 9.17) is 4.42 Å². The summed E-state index contributed by atoms with van der Waals surface area (Å²) < 4.78 is 5.33. The molecule has 1 unspecified atom stereocenters. The van der Waals surface area contributed by atoms with Gasteiger partial charge in [0, 0.05) is 19.0 Å². The van der Waals surface area contributed by atoms with Gasteiger partial charge in [-0.15, -0.1) is 0 Å². The van der Waals surface area contributed by atoms with E-state index >= 15 is 0 Å². The second kappa shape index (κ2) is 5.16. The van der Waals surface area contributed by atoms with E-state index in [9.17, 15) is 4.79 Å². The minimum atomic E-state index is 0.140. The third-order valence-electron chi connectivity index (χ3n) is 2.94. The Labute approximate surface area is 95.4 Å². The Kier molecular flexibility index (Phi) is 3.62. The summed E-state index contributed by atoms with van der Waals surface area (Å²) in [5.41, 5.74) is 0. The molecule has 0 aromatic carbocycles. The van der Waals surface area contributed by atoms with Crippen LogP contribution in [-0.2, 0) is 4.79 Å². The van der Waals surface area contributed by atoms with E-state index in [0.717, 1.165) is 25.1 Å². The quantitative estimate of drug-likeness (QED) is 0.816. The maximum absolute atomic E-state index is 11.4. The van der Waals surface area contributed by atoms with Crippen molar-refractivity contribution in [2.75, 3.05) is 6.54 Å². The van der Waals surface area contributed by atoms with E-state index in [0.29, 0.717) is 6.42 Å². The van der Waals surface area contributed by atoms with Gasteiger partial charge >= 0.3 is 0 Å². The molecule has 0 spiro atoms. The zero-order chi connectivity index (χ0) is 11.4. The molecular formula is C12H18N2O2. The molecule has 2 N–H and O–H groups in total. The first-order valence-electron chi connectivity index (χ1n) is 5.82. The van der Waals surface area contributed by atoms with E-state index < -0.39 is 0 Å². The Balaban J connectivity index is 1.90. The molecule has 1 aliphatic heterocycles. The van der Waals surface area contributed by atoms with Gasteiger partial charge in [-0.05, 0) is 31.9 Å². The van der Waals surface area contributed by atoms with Crippen LogP contribution in [0.3, 0.4) is 0 Å². The van der Waals surface area contributed by atoms with Crippen molar-refractivity contribution in [3.8, 4) is 0 Å². The molecule has 4 heteroatoms. The highest BCUT2D eigenvalue weighted by molar-refractivity contribution is 5.76. The number of amides is 1. The minimum Gasteiger partial charge on any atom is -0.468 e. The molecule has 4 nitrogen and oxygen atoms in total. The fourth-order valence-corrected chi connectivity index (χ4v) is 2.09. The summed E-state index contributed by atoms with van der Waals surface area (Å²) in [7, 11) is 0. The van der Waals surface area contributed by atoms with Gasteiger partial charge in [-0.25, -0.2) is 0 Å². The molecule has 1 aromatic rings. The van der Waals surface area contributed by atoms with Crippen LogP contribution in [0, 0.1) is 0 Å². The summed E-state index contributed by atoms with van der Waals surface area (Å²) >= 11 is 0. The van der Waals surface area contributed by atoms with Crippen LogP contribution in [0.5, 0.6) is 0 Å². The summed E-state index contributed by atoms with van der Waals surface area (Å²) in [5, 5.41) is 6.32. The molecule has 0 bridgehead atoms. The molecular weight excluding hydrogens is 204 g/mol. The Bertz CT molecular complexity index is 335. The fourth-order valence-electron chi connectivity index (χ4n) is 2.09. The molecule has 2 rings (SSSR count). The van der Waals surface area contributed by atoms with Crippen molar-refractivity contribution in [1.82, 2.24) is 10.6 Å². The van der Waals surface area contributed by atoms with Crippen molar-refractivity contribution in [2.45, 2.75) is 38.3 Å². The third kappa shape index (κ3) is 2.85. The maximum atomic E-state index is 11.4. The second-order valence-corrected chi connectivity index (χ2v) is 4.30. The van der Waals surface area contributed by atoms with Crippen LogP contribution in [0.4, 0.5) is 0 Å². The van der Waals surface area contributed by atoms with Gasteiger partial charge in [0.05, 0.1) is 12.3 Å². The summed E-state index contributed by atoms with van der Waals surface area (Å²) in [5.74, 6) is 1.06. The van der Waals surface area contributed by atoms with Crippen LogP contribution in [0.25, 0.3) is 0 Å². The van der Waals surface area contributed by atoms with Crippen LogP contribution in [0.2, 0.25) is 0 Å². The largest absolute Gasteiger partial charge is 0.468 e. The first kappa shape index (κ1) is 11.2. The van der Waals surface area contributed by atoms with Gasteiger partial charge in [0.25, 0.3) is 0 Å². The van der Waals surface area contributed by atoms with Crippen molar-refractivity contribution in [3.05, 3.63) is 24.2 Å². The van der Waals surface area contributed by atoms with Gasteiger partial charge in [-0.1, -0.05) is 0 Å². The van der Waals surface area contributed by atoms with E-state index in [1.54, 1.807) is 6.26 Å². The SMILES string of the molecule is C[C@@H](NC1CCCNC(=O)C1)c1ccco1. The monoisotopic (exact) mass is 222 g/mol. The smallest absolute Gasteiger partial charge is 0.221 e. The van der Waals surface area contributed by atoms with Gasteiger partial charge in [0.15, 0.2) is 0 Å². The lowest BCUT2D eigenvalue weighted by Crippen LogP contribution is -2.34. The predicted molar refractivity (Wildman–Crippen MR) is 60.9 cm³/mol. The van der Waals surface area contributed by atoms with Crippen LogP contribution in [0.15, 0.2) is 22.8 Å². The van der Waals surface area contributed by atoms with E-state index in [1.807, 2.05) is 12.1 Å². The molecule has 0 saturated carbocycles. The lowest BCUT2D eigenvalue weighted by molar-refractivity contribution is -0.121. The fraction of sp³-hybridized carbons (Fsp3) is 0.583. The molecule has 88 valence electrons. The summed E-state index contributed by atoms with van der Waals surface area (Å²) in [6.45, 7) is 2.85. The van der Waals surface area contributed by atoms with Gasteiger partial charge in [0.2, 0.25) is 5.91 Å². The molecule has 2 heterocycles. The van der Waals surface area contributed by atoms with Crippen molar-refractivity contribution in [3.63, 3.8) is 0 Å². The number of hydrogen-bond acceptors (Lipinski definition) is 3. The highest BCUT2D eigenvalue weighted by Gasteiger charge is 2.20. The lowest BCUT2D eigenvalue weighted by Gasteiger charge is -2.19. The number of furan rings is 1. The van der Waals surface area contributed by atoms with Crippen molar-refractivity contribution >= 4 is 5.91 Å². The van der Waals surface area contributed by atoms with Crippen molar-refractivity contribution < 1.29 is 9.21 Å². The van der Waals surface area contributed by atoms with E-state index in [2.05, 4.69) is 17.6 Å². The number of carbonyl (C=O) groups is 1. The molecule has 0 radical (unpaired) electrons. The summed E-state index contributed by atoms with van der Waals surface area (Å²) in [4.78, 5) is 11.4. The van der Waals surface area contributed by atoms with Gasteiger partial charge in [-0.2, -0.15) is 0 Å². The van der Waals surface area contributed by atoms with Gasteiger partial charge < -0.3 is 15.1 Å². The first-order chi connectivity index (χ1) is 7.75. The molecule has 16 heavy (non-hydrogen) atoms. The van der Waals surface area contributed by atoms with Gasteiger partial charge in [-0.3, -0.25) is 4.79 Å². The Morgan fingerprint density at radius 2 is 2.50 bits per heavy atom. The second-order valence-electron chi connectivity index (χ2n) is 4.30. The van der Waals surface area contributed by atoms with E-state index in [1.165, 1.54) is 0 Å². The van der Waals surface area contributed by atoms with Gasteiger partial charge in [0.1, 0.15) is 5.76 Å². The average molecular weight is 222 g/mol. The normalized spacial score (nSPS) is 23.6. The highest BCUT2D eigenvalue weighted by Crippen LogP contribution is 2.16. The number of rotatable bonds is 3. The summed E-state index contributed by atoms with van der Waals surface area (Å²) in [6.07, 6.45) is 4.30. The number of hydrogen-bond donors (Lipinski definition) is 2. The molecule has 1 saturated heterocycles. The maximum Gasteiger partial charge on any atom is 0.221 e. The summed E-state index contributed by atoms with van der Waals surface area (Å²) in [6, 6.07) is 4.25. The predicted octanol–water partition coefficient (Wildman–Crippen LogP) is 1.60. The molecule has 1 aliphatic rings. The van der Waals surface area contributed by atoms with Crippen LogP contribution >= 0.6 is 0 Å². The topological polar surface area (TPSA) is 54.3 Å². The third-order valence-corrected chi connectivity index (χ3v) is 2.94. The first-order valence-corrected chi connectivity index (χ1v) is 5.82. The number of carbonyl (C=O) groups excluding carboxylic acids is 1. The lowest BCUT2D eigenvalue weighted by atomic mass is 10.1. The zero-order valence-electron chi connectivity index (χ0n) is 9.53. The standard InChI is InChI=1S/C12H18N2O2/c1-9(11-5-3-7-16-11)14-10-4-2-6-13-12(15)8-10/h3,5,7,9-10,14H,2,4,6,8H2,1H3,(H,13,15)/t9-,10?/m1/s1. The van der Waals surface area contributed by atoms with Crippen molar-refractivity contribution in [2.24, 2.45) is 0 Å². The highest BCUT2D eigenvalue weighted by atomic mass is 16.3. The molecule has 1 aromatic heterocycles. The Hall–Kier alpha value is -1.29. The minimum absolute atomic E-state index is 0.140. The Morgan fingerprint density at radius 1 is 1.62 bits per heavy atom. The molecule has 1 amide bonds. The molecule has 2 atom stereocenters. The van der Waals surface area contributed by atoms with Crippen molar-refractivity contribution in [1.29, 1.82) is 0 Å². The van der Waals surface area contributed by atoms with E-state index in [-0.39, 0.29) is 18.0 Å². The van der Waals surface area contributed by atoms with Crippen LogP contribution in [0.1, 0.15) is 38.0 Å². The Morgan fingerprint density at radius 3 is 3.25 bits per heavy atom. The zero-order valence-corrected chi connectivity index (χ0v) is 9.53. The van der Waals surface area contributed by atoms with Crippen LogP contribution in [-0.4, -0.2) is 18.5 Å². The average Bonchev–Trinajstić information content (AvgIpc) is 2.70. The van der Waals surface area contributed by atoms with Crippen LogP contribution < -0.4 is 10.6 Å². The number of nitrogens with one attached hydrogen (secondary N) is 2. The molecule has 0 aliphatic carbocycles.